The number of nitrogens with zero attached hydrogens (tertiary/aromatic N) is 1. The number of rotatable bonds is 2. The highest BCUT2D eigenvalue weighted by molar-refractivity contribution is 7.22. The van der Waals surface area contributed by atoms with Gasteiger partial charge >= 0.3 is 0 Å². The van der Waals surface area contributed by atoms with E-state index in [0.717, 1.165) is 45.7 Å². The summed E-state index contributed by atoms with van der Waals surface area (Å²) in [5, 5.41) is 7.72. The topological polar surface area (TPSA) is 96.8 Å². The Bertz CT molecular complexity index is 863. The van der Waals surface area contributed by atoms with E-state index >= 15 is 0 Å². The number of nitrogens with two attached hydrogens (primary N) is 1. The summed E-state index contributed by atoms with van der Waals surface area (Å²) in [5.41, 5.74) is 8.56. The maximum atomic E-state index is 12.3. The van der Waals surface area contributed by atoms with Gasteiger partial charge in [-0.05, 0) is 18.4 Å². The fourth-order valence-corrected chi connectivity index (χ4v) is 4.00. The first-order valence-electron chi connectivity index (χ1n) is 6.82. The lowest BCUT2D eigenvalue weighted by Gasteiger charge is -2.07. The zero-order valence-corrected chi connectivity index (χ0v) is 12.0. The van der Waals surface area contributed by atoms with Crippen molar-refractivity contribution in [2.45, 2.75) is 19.4 Å². The summed E-state index contributed by atoms with van der Waals surface area (Å²) in [6.45, 7) is 0.973. The van der Waals surface area contributed by atoms with Crippen LogP contribution in [0, 0.1) is 0 Å². The zero-order chi connectivity index (χ0) is 14.4. The van der Waals surface area contributed by atoms with Gasteiger partial charge in [0.25, 0.3) is 5.56 Å². The molecule has 0 saturated heterocycles. The molecule has 0 radical (unpaired) electrons. The van der Waals surface area contributed by atoms with Gasteiger partial charge in [0.05, 0.1) is 17.7 Å². The molecule has 0 unspecified atom stereocenters. The molecule has 0 aromatic carbocycles. The molecule has 3 aromatic heterocycles. The minimum Gasteiger partial charge on any atom is -0.491 e. The van der Waals surface area contributed by atoms with E-state index in [1.807, 2.05) is 6.20 Å². The number of aromatic nitrogens is 3. The van der Waals surface area contributed by atoms with Crippen LogP contribution >= 0.6 is 11.3 Å². The molecule has 0 fully saturated rings. The molecule has 0 saturated carbocycles. The molecule has 0 atom stereocenters. The van der Waals surface area contributed by atoms with Crippen LogP contribution in [0.1, 0.15) is 17.7 Å². The van der Waals surface area contributed by atoms with E-state index in [0.29, 0.717) is 17.9 Å². The van der Waals surface area contributed by atoms with Crippen LogP contribution < -0.4 is 16.0 Å². The van der Waals surface area contributed by atoms with Crippen LogP contribution in [0.3, 0.4) is 0 Å². The largest absolute Gasteiger partial charge is 0.491 e. The number of hydrogen-bond acceptors (Lipinski definition) is 5. The van der Waals surface area contributed by atoms with Crippen molar-refractivity contribution in [2.24, 2.45) is 5.73 Å². The van der Waals surface area contributed by atoms with Crippen molar-refractivity contribution in [1.82, 2.24) is 15.2 Å². The SMILES string of the molecule is NCc1[nH]c(=O)c2sc(-c3cn[nH]c3)c3c2c1CCCO3. The maximum absolute atomic E-state index is 12.3. The number of ether oxygens (including phenoxy) is 1. The summed E-state index contributed by atoms with van der Waals surface area (Å²) in [6.07, 6.45) is 5.34. The Morgan fingerprint density at radius 1 is 1.48 bits per heavy atom. The van der Waals surface area contributed by atoms with E-state index in [1.165, 1.54) is 11.3 Å². The predicted octanol–water partition coefficient (Wildman–Crippen LogP) is 1.76. The van der Waals surface area contributed by atoms with Gasteiger partial charge in [0, 0.05) is 29.4 Å². The molecule has 0 bridgehead atoms. The molecule has 4 heterocycles. The number of aryl methyl sites for hydroxylation is 1. The van der Waals surface area contributed by atoms with Crippen molar-refractivity contribution < 1.29 is 4.74 Å². The second kappa shape index (κ2) is 4.71. The molecule has 1 aliphatic heterocycles. The average Bonchev–Trinajstić information content (AvgIpc) is 3.08. The van der Waals surface area contributed by atoms with Crippen LogP contribution in [0.2, 0.25) is 0 Å². The number of aromatic amines is 2. The molecular weight excluding hydrogens is 288 g/mol. The third-order valence-electron chi connectivity index (χ3n) is 3.78. The van der Waals surface area contributed by atoms with Gasteiger partial charge in [0.2, 0.25) is 0 Å². The van der Waals surface area contributed by atoms with E-state index in [1.54, 1.807) is 6.20 Å². The van der Waals surface area contributed by atoms with Crippen molar-refractivity contribution in [1.29, 1.82) is 0 Å². The van der Waals surface area contributed by atoms with Crippen LogP contribution in [0.4, 0.5) is 0 Å². The Labute approximate surface area is 123 Å². The van der Waals surface area contributed by atoms with Crippen LogP contribution in [0.5, 0.6) is 5.75 Å². The maximum Gasteiger partial charge on any atom is 0.266 e. The number of H-pyrrole nitrogens is 2. The second-order valence-electron chi connectivity index (χ2n) is 5.02. The van der Waals surface area contributed by atoms with E-state index in [2.05, 4.69) is 15.2 Å². The summed E-state index contributed by atoms with van der Waals surface area (Å²) in [6, 6.07) is 0. The third-order valence-corrected chi connectivity index (χ3v) is 5.00. The summed E-state index contributed by atoms with van der Waals surface area (Å²) in [7, 11) is 0. The second-order valence-corrected chi connectivity index (χ2v) is 6.04. The standard InChI is InChI=1S/C14H14N4O2S/c15-4-9-8-2-1-3-20-11-10(8)13(14(19)18-9)21-12(11)7-5-16-17-6-7/h5-6H,1-4,15H2,(H,16,17)(H,18,19). The third kappa shape index (κ3) is 1.81. The molecule has 1 aliphatic rings. The van der Waals surface area contributed by atoms with Crippen molar-refractivity contribution in [3.63, 3.8) is 0 Å². The van der Waals surface area contributed by atoms with E-state index in [9.17, 15) is 4.79 Å². The Kier molecular flexibility index (Phi) is 2.83. The first kappa shape index (κ1) is 12.6. The van der Waals surface area contributed by atoms with Crippen LogP contribution in [0.25, 0.3) is 20.5 Å². The molecular formula is C14H14N4O2S. The van der Waals surface area contributed by atoms with Gasteiger partial charge in [-0.1, -0.05) is 0 Å². The van der Waals surface area contributed by atoms with Gasteiger partial charge in [-0.2, -0.15) is 5.10 Å². The molecule has 108 valence electrons. The molecule has 3 aromatic rings. The van der Waals surface area contributed by atoms with Gasteiger partial charge in [-0.25, -0.2) is 0 Å². The van der Waals surface area contributed by atoms with Gasteiger partial charge < -0.3 is 15.5 Å². The summed E-state index contributed by atoms with van der Waals surface area (Å²) < 4.78 is 6.65. The minimum absolute atomic E-state index is 0.0966. The van der Waals surface area contributed by atoms with Crippen molar-refractivity contribution in [2.75, 3.05) is 6.61 Å². The Morgan fingerprint density at radius 3 is 3.14 bits per heavy atom. The summed E-state index contributed by atoms with van der Waals surface area (Å²) in [5.74, 6) is 0.796. The van der Waals surface area contributed by atoms with Crippen molar-refractivity contribution >= 4 is 21.4 Å². The number of nitrogens with one attached hydrogen (secondary N) is 2. The minimum atomic E-state index is -0.0966. The van der Waals surface area contributed by atoms with Crippen molar-refractivity contribution in [3.05, 3.63) is 34.0 Å². The molecule has 21 heavy (non-hydrogen) atoms. The number of pyridine rings is 1. The molecule has 7 heteroatoms. The monoisotopic (exact) mass is 302 g/mol. The molecule has 4 rings (SSSR count). The first-order chi connectivity index (χ1) is 10.3. The van der Waals surface area contributed by atoms with Gasteiger partial charge in [0.15, 0.2) is 0 Å². The Morgan fingerprint density at radius 2 is 2.38 bits per heavy atom. The van der Waals surface area contributed by atoms with Crippen LogP contribution in [0.15, 0.2) is 17.2 Å². The molecule has 4 N–H and O–H groups in total. The highest BCUT2D eigenvalue weighted by Crippen LogP contribution is 2.46. The lowest BCUT2D eigenvalue weighted by Crippen LogP contribution is -2.14. The predicted molar refractivity (Wildman–Crippen MR) is 81.7 cm³/mol. The highest BCUT2D eigenvalue weighted by atomic mass is 32.1. The van der Waals surface area contributed by atoms with E-state index in [-0.39, 0.29) is 5.56 Å². The van der Waals surface area contributed by atoms with Crippen LogP contribution in [-0.2, 0) is 13.0 Å². The highest BCUT2D eigenvalue weighted by Gasteiger charge is 2.24. The van der Waals surface area contributed by atoms with Gasteiger partial charge in [0.1, 0.15) is 10.4 Å². The normalized spacial score (nSPS) is 14.1. The first-order valence-corrected chi connectivity index (χ1v) is 7.63. The van der Waals surface area contributed by atoms with Crippen molar-refractivity contribution in [3.8, 4) is 16.2 Å². The van der Waals surface area contributed by atoms with E-state index in [4.69, 9.17) is 10.5 Å². The fraction of sp³-hybridized carbons (Fsp3) is 0.286. The van der Waals surface area contributed by atoms with Gasteiger partial charge in [-0.15, -0.1) is 11.3 Å². The molecule has 0 spiro atoms. The lowest BCUT2D eigenvalue weighted by atomic mass is 10.0. The average molecular weight is 302 g/mol. The Balaban J connectivity index is 2.13. The zero-order valence-electron chi connectivity index (χ0n) is 11.2. The Hall–Kier alpha value is -2.12. The smallest absolute Gasteiger partial charge is 0.266 e. The fourth-order valence-electron chi connectivity index (χ4n) is 2.85. The number of thiophene rings is 1. The summed E-state index contributed by atoms with van der Waals surface area (Å²) in [4.78, 5) is 16.2. The lowest BCUT2D eigenvalue weighted by molar-refractivity contribution is 0.321. The number of hydrogen-bond donors (Lipinski definition) is 3. The summed E-state index contributed by atoms with van der Waals surface area (Å²) >= 11 is 1.45. The molecule has 0 aliphatic carbocycles. The van der Waals surface area contributed by atoms with Gasteiger partial charge in [-0.3, -0.25) is 9.89 Å². The quantitative estimate of drug-likeness (QED) is 0.672. The van der Waals surface area contributed by atoms with E-state index < -0.39 is 0 Å². The molecule has 0 amide bonds. The molecule has 6 nitrogen and oxygen atoms in total. The van der Waals surface area contributed by atoms with Crippen LogP contribution in [-0.4, -0.2) is 21.8 Å².